The SMILES string of the molecule is CC(=O)N1CC(C(=O)N2c3ccc(F)cc3CC[C@H]2C)C1. The van der Waals surface area contributed by atoms with Crippen molar-refractivity contribution in [3.05, 3.63) is 29.6 Å². The van der Waals surface area contributed by atoms with Crippen LogP contribution in [-0.4, -0.2) is 35.8 Å². The molecule has 2 heterocycles. The molecule has 0 radical (unpaired) electrons. The third kappa shape index (κ3) is 2.41. The summed E-state index contributed by atoms with van der Waals surface area (Å²) in [6.45, 7) is 4.52. The zero-order valence-electron chi connectivity index (χ0n) is 12.3. The van der Waals surface area contributed by atoms with Gasteiger partial charge in [-0.25, -0.2) is 4.39 Å². The van der Waals surface area contributed by atoms with Crippen LogP contribution in [0.15, 0.2) is 18.2 Å². The Hall–Kier alpha value is -1.91. The second-order valence-electron chi connectivity index (χ2n) is 5.99. The maximum atomic E-state index is 13.3. The molecule has 2 aliphatic heterocycles. The Labute approximate surface area is 123 Å². The topological polar surface area (TPSA) is 40.6 Å². The van der Waals surface area contributed by atoms with Gasteiger partial charge in [-0.15, -0.1) is 0 Å². The number of hydrogen-bond donors (Lipinski definition) is 0. The minimum absolute atomic E-state index is 0.00761. The van der Waals surface area contributed by atoms with Crippen LogP contribution in [0.4, 0.5) is 10.1 Å². The van der Waals surface area contributed by atoms with Crippen LogP contribution in [0.3, 0.4) is 0 Å². The van der Waals surface area contributed by atoms with Crippen LogP contribution in [0.25, 0.3) is 0 Å². The van der Waals surface area contributed by atoms with Gasteiger partial charge in [0.15, 0.2) is 0 Å². The Kier molecular flexibility index (Phi) is 3.43. The van der Waals surface area contributed by atoms with Gasteiger partial charge in [-0.2, -0.15) is 0 Å². The molecule has 0 N–H and O–H groups in total. The van der Waals surface area contributed by atoms with E-state index in [0.717, 1.165) is 24.1 Å². The summed E-state index contributed by atoms with van der Waals surface area (Å²) in [5.74, 6) is -0.338. The number of anilines is 1. The second kappa shape index (κ2) is 5.13. The summed E-state index contributed by atoms with van der Waals surface area (Å²) in [5, 5.41) is 0. The van der Waals surface area contributed by atoms with Crippen molar-refractivity contribution in [1.82, 2.24) is 4.90 Å². The third-order valence-electron chi connectivity index (χ3n) is 4.49. The number of nitrogens with zero attached hydrogens (tertiary/aromatic N) is 2. The van der Waals surface area contributed by atoms with Crippen molar-refractivity contribution in [2.24, 2.45) is 5.92 Å². The van der Waals surface area contributed by atoms with Crippen molar-refractivity contribution in [3.8, 4) is 0 Å². The zero-order chi connectivity index (χ0) is 15.1. The molecule has 0 spiro atoms. The number of likely N-dealkylation sites (tertiary alicyclic amines) is 1. The van der Waals surface area contributed by atoms with Crippen molar-refractivity contribution in [3.63, 3.8) is 0 Å². The molecular formula is C16H19FN2O2. The molecule has 2 aliphatic rings. The minimum Gasteiger partial charge on any atom is -0.341 e. The first-order valence-corrected chi connectivity index (χ1v) is 7.34. The van der Waals surface area contributed by atoms with Crippen molar-refractivity contribution in [2.75, 3.05) is 18.0 Å². The van der Waals surface area contributed by atoms with Gasteiger partial charge in [0.05, 0.1) is 5.92 Å². The lowest BCUT2D eigenvalue weighted by Gasteiger charge is -2.43. The van der Waals surface area contributed by atoms with Gasteiger partial charge < -0.3 is 9.80 Å². The van der Waals surface area contributed by atoms with Gasteiger partial charge >= 0.3 is 0 Å². The quantitative estimate of drug-likeness (QED) is 0.793. The fourth-order valence-corrected chi connectivity index (χ4v) is 3.14. The predicted molar refractivity (Wildman–Crippen MR) is 77.4 cm³/mol. The molecule has 0 saturated carbocycles. The Balaban J connectivity index is 1.82. The first kappa shape index (κ1) is 14.0. The largest absolute Gasteiger partial charge is 0.341 e. The number of halogens is 1. The van der Waals surface area contributed by atoms with E-state index in [1.54, 1.807) is 15.9 Å². The van der Waals surface area contributed by atoms with E-state index in [4.69, 9.17) is 0 Å². The molecule has 1 saturated heterocycles. The molecule has 1 aromatic rings. The Bertz CT molecular complexity index is 596. The van der Waals surface area contributed by atoms with E-state index in [1.807, 2.05) is 6.92 Å². The molecule has 1 aromatic carbocycles. The first-order valence-electron chi connectivity index (χ1n) is 7.34. The average molecular weight is 290 g/mol. The lowest BCUT2D eigenvalue weighted by molar-refractivity contribution is -0.140. The van der Waals surface area contributed by atoms with Gasteiger partial charge in [0, 0.05) is 31.7 Å². The van der Waals surface area contributed by atoms with Crippen molar-refractivity contribution in [2.45, 2.75) is 32.7 Å². The molecule has 5 heteroatoms. The summed E-state index contributed by atoms with van der Waals surface area (Å²) < 4.78 is 13.3. The number of carbonyl (C=O) groups is 2. The summed E-state index contributed by atoms with van der Waals surface area (Å²) >= 11 is 0. The van der Waals surface area contributed by atoms with Crippen LogP contribution < -0.4 is 4.90 Å². The van der Waals surface area contributed by atoms with Crippen LogP contribution in [0.5, 0.6) is 0 Å². The molecule has 0 aliphatic carbocycles. The predicted octanol–water partition coefficient (Wildman–Crippen LogP) is 1.97. The minimum atomic E-state index is -0.262. The lowest BCUT2D eigenvalue weighted by Crippen LogP contribution is -2.58. The van der Waals surface area contributed by atoms with Crippen LogP contribution in [0.1, 0.15) is 25.8 Å². The van der Waals surface area contributed by atoms with Crippen molar-refractivity contribution >= 4 is 17.5 Å². The van der Waals surface area contributed by atoms with Gasteiger partial charge in [-0.05, 0) is 43.5 Å². The number of hydrogen-bond acceptors (Lipinski definition) is 2. The van der Waals surface area contributed by atoms with Crippen LogP contribution in [0.2, 0.25) is 0 Å². The molecule has 1 fully saturated rings. The highest BCUT2D eigenvalue weighted by Gasteiger charge is 2.39. The van der Waals surface area contributed by atoms with Crippen LogP contribution in [-0.2, 0) is 16.0 Å². The highest BCUT2D eigenvalue weighted by Crippen LogP contribution is 2.33. The lowest BCUT2D eigenvalue weighted by atomic mass is 9.92. The van der Waals surface area contributed by atoms with E-state index in [0.29, 0.717) is 13.1 Å². The highest BCUT2D eigenvalue weighted by molar-refractivity contribution is 5.98. The van der Waals surface area contributed by atoms with E-state index >= 15 is 0 Å². The molecule has 4 nitrogen and oxygen atoms in total. The summed E-state index contributed by atoms with van der Waals surface area (Å²) in [7, 11) is 0. The zero-order valence-corrected chi connectivity index (χ0v) is 12.3. The number of rotatable bonds is 1. The highest BCUT2D eigenvalue weighted by atomic mass is 19.1. The Morgan fingerprint density at radius 2 is 2.00 bits per heavy atom. The Morgan fingerprint density at radius 1 is 1.29 bits per heavy atom. The van der Waals surface area contributed by atoms with E-state index in [-0.39, 0.29) is 29.6 Å². The number of aryl methyl sites for hydroxylation is 1. The maximum absolute atomic E-state index is 13.3. The van der Waals surface area contributed by atoms with Crippen LogP contribution in [0, 0.1) is 11.7 Å². The molecule has 112 valence electrons. The number of fused-ring (bicyclic) bond motifs is 1. The monoisotopic (exact) mass is 290 g/mol. The number of carbonyl (C=O) groups excluding carboxylic acids is 2. The molecule has 3 rings (SSSR count). The standard InChI is InChI=1S/C16H19FN2O2/c1-10-3-4-12-7-14(17)5-6-15(12)19(10)16(21)13-8-18(9-13)11(2)20/h5-7,10,13H,3-4,8-9H2,1-2H3/t10-/m1/s1. The summed E-state index contributed by atoms with van der Waals surface area (Å²) in [6.07, 6.45) is 1.63. The first-order chi connectivity index (χ1) is 9.97. The van der Waals surface area contributed by atoms with Gasteiger partial charge in [-0.3, -0.25) is 9.59 Å². The van der Waals surface area contributed by atoms with Crippen LogP contribution >= 0.6 is 0 Å². The molecule has 2 amide bonds. The molecule has 0 unspecified atom stereocenters. The van der Waals surface area contributed by atoms with E-state index in [2.05, 4.69) is 0 Å². The van der Waals surface area contributed by atoms with Crippen molar-refractivity contribution < 1.29 is 14.0 Å². The van der Waals surface area contributed by atoms with Gasteiger partial charge in [-0.1, -0.05) is 0 Å². The second-order valence-corrected chi connectivity index (χ2v) is 5.99. The fourth-order valence-electron chi connectivity index (χ4n) is 3.14. The van der Waals surface area contributed by atoms with E-state index in [1.165, 1.54) is 19.1 Å². The smallest absolute Gasteiger partial charge is 0.233 e. The summed E-state index contributed by atoms with van der Waals surface area (Å²) in [4.78, 5) is 27.4. The Morgan fingerprint density at radius 3 is 2.67 bits per heavy atom. The molecule has 21 heavy (non-hydrogen) atoms. The van der Waals surface area contributed by atoms with Crippen molar-refractivity contribution in [1.29, 1.82) is 0 Å². The summed E-state index contributed by atoms with van der Waals surface area (Å²) in [5.41, 5.74) is 1.71. The van der Waals surface area contributed by atoms with E-state index in [9.17, 15) is 14.0 Å². The summed E-state index contributed by atoms with van der Waals surface area (Å²) in [6, 6.07) is 4.73. The molecular weight excluding hydrogens is 271 g/mol. The maximum Gasteiger partial charge on any atom is 0.233 e. The molecule has 0 bridgehead atoms. The molecule has 1 atom stereocenters. The van der Waals surface area contributed by atoms with Gasteiger partial charge in [0.2, 0.25) is 11.8 Å². The normalized spacial score (nSPS) is 21.8. The average Bonchev–Trinajstić information content (AvgIpc) is 2.36. The van der Waals surface area contributed by atoms with Gasteiger partial charge in [0.25, 0.3) is 0 Å². The molecule has 0 aromatic heterocycles. The number of amides is 2. The third-order valence-corrected chi connectivity index (χ3v) is 4.49. The number of benzene rings is 1. The van der Waals surface area contributed by atoms with Gasteiger partial charge in [0.1, 0.15) is 5.82 Å². The fraction of sp³-hybridized carbons (Fsp3) is 0.500. The van der Waals surface area contributed by atoms with E-state index < -0.39 is 0 Å².